The lowest BCUT2D eigenvalue weighted by molar-refractivity contribution is -0.122. The molecule has 27 heavy (non-hydrogen) atoms. The lowest BCUT2D eigenvalue weighted by Gasteiger charge is -2.17. The van der Waals surface area contributed by atoms with Gasteiger partial charge in [-0.15, -0.1) is 0 Å². The number of rotatable bonds is 5. The fourth-order valence-electron chi connectivity index (χ4n) is 3.11. The first kappa shape index (κ1) is 19.1. The van der Waals surface area contributed by atoms with Crippen LogP contribution in [0.25, 0.3) is 0 Å². The maximum absolute atomic E-state index is 12.5. The van der Waals surface area contributed by atoms with Gasteiger partial charge in [0.1, 0.15) is 0 Å². The van der Waals surface area contributed by atoms with Crippen molar-refractivity contribution in [2.45, 2.75) is 24.7 Å². The summed E-state index contributed by atoms with van der Waals surface area (Å²) in [5, 5.41) is 2.76. The monoisotopic (exact) mass is 386 g/mol. The molecule has 1 heterocycles. The Kier molecular flexibility index (Phi) is 5.32. The summed E-state index contributed by atoms with van der Waals surface area (Å²) in [7, 11) is -3.28. The molecule has 0 aromatic heterocycles. The zero-order valence-corrected chi connectivity index (χ0v) is 16.1. The molecule has 2 aromatic carbocycles. The van der Waals surface area contributed by atoms with Crippen molar-refractivity contribution in [2.24, 2.45) is 5.92 Å². The molecule has 1 aliphatic heterocycles. The number of hydrogen-bond acceptors (Lipinski definition) is 4. The van der Waals surface area contributed by atoms with Crippen LogP contribution >= 0.6 is 0 Å². The van der Waals surface area contributed by atoms with E-state index in [2.05, 4.69) is 12.2 Å². The van der Waals surface area contributed by atoms with Gasteiger partial charge in [0.25, 0.3) is 0 Å². The molecule has 0 bridgehead atoms. The van der Waals surface area contributed by atoms with Crippen molar-refractivity contribution in [2.75, 3.05) is 23.0 Å². The van der Waals surface area contributed by atoms with Crippen LogP contribution in [-0.2, 0) is 25.8 Å². The zero-order valence-electron chi connectivity index (χ0n) is 15.3. The first-order valence-electron chi connectivity index (χ1n) is 8.78. The summed E-state index contributed by atoms with van der Waals surface area (Å²) in [5.41, 5.74) is 2.46. The molecule has 0 aliphatic carbocycles. The average molecular weight is 386 g/mol. The highest BCUT2D eigenvalue weighted by Crippen LogP contribution is 2.27. The Morgan fingerprint density at radius 2 is 1.89 bits per heavy atom. The third-order valence-corrected chi connectivity index (χ3v) is 5.80. The van der Waals surface area contributed by atoms with Gasteiger partial charge in [-0.25, -0.2) is 8.42 Å². The molecule has 0 spiro atoms. The summed E-state index contributed by atoms with van der Waals surface area (Å²) in [6.07, 6.45) is 2.17. The summed E-state index contributed by atoms with van der Waals surface area (Å²) < 4.78 is 23.0. The van der Waals surface area contributed by atoms with E-state index < -0.39 is 15.8 Å². The number of nitrogens with one attached hydrogen (secondary N) is 1. The van der Waals surface area contributed by atoms with Crippen LogP contribution < -0.4 is 10.2 Å². The minimum absolute atomic E-state index is 0.0733. The molecule has 2 amide bonds. The van der Waals surface area contributed by atoms with Gasteiger partial charge in [0.2, 0.25) is 11.8 Å². The normalized spacial score (nSPS) is 17.2. The first-order chi connectivity index (χ1) is 12.8. The van der Waals surface area contributed by atoms with Gasteiger partial charge in [-0.1, -0.05) is 19.1 Å². The Labute approximate surface area is 159 Å². The third kappa shape index (κ3) is 4.36. The van der Waals surface area contributed by atoms with Crippen molar-refractivity contribution < 1.29 is 18.0 Å². The minimum atomic E-state index is -3.28. The van der Waals surface area contributed by atoms with Gasteiger partial charge in [0, 0.05) is 30.6 Å². The summed E-state index contributed by atoms with van der Waals surface area (Å²) in [5.74, 6) is -0.766. The highest BCUT2D eigenvalue weighted by Gasteiger charge is 2.35. The molecule has 1 saturated heterocycles. The molecule has 1 aliphatic rings. The SMILES string of the molecule is CCc1cccc(N2CC(C(=O)Nc3ccc(S(C)(=O)=O)cc3)CC2=O)c1. The average Bonchev–Trinajstić information content (AvgIpc) is 3.03. The summed E-state index contributed by atoms with van der Waals surface area (Å²) in [4.78, 5) is 26.8. The number of anilines is 2. The molecule has 0 radical (unpaired) electrons. The molecule has 142 valence electrons. The van der Waals surface area contributed by atoms with E-state index in [1.54, 1.807) is 17.0 Å². The van der Waals surface area contributed by atoms with Gasteiger partial charge in [0.15, 0.2) is 9.84 Å². The highest BCUT2D eigenvalue weighted by molar-refractivity contribution is 7.90. The molecular weight excluding hydrogens is 364 g/mol. The molecule has 2 aromatic rings. The number of amides is 2. The fourth-order valence-corrected chi connectivity index (χ4v) is 3.74. The molecule has 1 atom stereocenters. The maximum Gasteiger partial charge on any atom is 0.229 e. The smallest absolute Gasteiger partial charge is 0.229 e. The van der Waals surface area contributed by atoms with Crippen LogP contribution in [-0.4, -0.2) is 33.0 Å². The van der Waals surface area contributed by atoms with Gasteiger partial charge in [0.05, 0.1) is 10.8 Å². The van der Waals surface area contributed by atoms with Crippen molar-refractivity contribution in [3.8, 4) is 0 Å². The van der Waals surface area contributed by atoms with Crippen LogP contribution in [0.2, 0.25) is 0 Å². The summed E-state index contributed by atoms with van der Waals surface area (Å²) >= 11 is 0. The van der Waals surface area contributed by atoms with Crippen molar-refractivity contribution in [1.29, 1.82) is 0 Å². The third-order valence-electron chi connectivity index (χ3n) is 4.68. The Morgan fingerprint density at radius 3 is 2.52 bits per heavy atom. The number of carbonyl (C=O) groups excluding carboxylic acids is 2. The van der Waals surface area contributed by atoms with E-state index >= 15 is 0 Å². The molecule has 1 unspecified atom stereocenters. The number of hydrogen-bond donors (Lipinski definition) is 1. The molecular formula is C20H22N2O4S. The molecule has 3 rings (SSSR count). The standard InChI is InChI=1S/C20H22N2O4S/c1-3-14-5-4-6-17(11-14)22-13-15(12-19(22)23)20(24)21-16-7-9-18(10-8-16)27(2,25)26/h4-11,15H,3,12-13H2,1-2H3,(H,21,24). The van der Waals surface area contributed by atoms with Crippen LogP contribution in [0.5, 0.6) is 0 Å². The quantitative estimate of drug-likeness (QED) is 0.856. The first-order valence-corrected chi connectivity index (χ1v) is 10.7. The largest absolute Gasteiger partial charge is 0.326 e. The van der Waals surface area contributed by atoms with Crippen molar-refractivity contribution in [3.63, 3.8) is 0 Å². The molecule has 6 nitrogen and oxygen atoms in total. The minimum Gasteiger partial charge on any atom is -0.326 e. The second-order valence-corrected chi connectivity index (χ2v) is 8.73. The van der Waals surface area contributed by atoms with Crippen LogP contribution in [0.3, 0.4) is 0 Å². The Balaban J connectivity index is 1.68. The second kappa shape index (κ2) is 7.52. The molecule has 0 saturated carbocycles. The van der Waals surface area contributed by atoms with Gasteiger partial charge in [-0.05, 0) is 48.4 Å². The van der Waals surface area contributed by atoms with E-state index in [0.717, 1.165) is 23.9 Å². The molecule has 1 N–H and O–H groups in total. The Morgan fingerprint density at radius 1 is 1.19 bits per heavy atom. The van der Waals surface area contributed by atoms with E-state index in [9.17, 15) is 18.0 Å². The summed E-state index contributed by atoms with van der Waals surface area (Å²) in [6, 6.07) is 13.8. The lowest BCUT2D eigenvalue weighted by Crippen LogP contribution is -2.28. The van der Waals surface area contributed by atoms with Gasteiger partial charge in [-0.2, -0.15) is 0 Å². The maximum atomic E-state index is 12.5. The van der Waals surface area contributed by atoms with Gasteiger partial charge < -0.3 is 10.2 Å². The number of carbonyl (C=O) groups is 2. The number of aryl methyl sites for hydroxylation is 1. The number of benzene rings is 2. The van der Waals surface area contributed by atoms with E-state index in [1.165, 1.54) is 12.1 Å². The van der Waals surface area contributed by atoms with Crippen LogP contribution in [0.4, 0.5) is 11.4 Å². The fraction of sp³-hybridized carbons (Fsp3) is 0.300. The van der Waals surface area contributed by atoms with Crippen LogP contribution in [0.15, 0.2) is 53.4 Å². The van der Waals surface area contributed by atoms with E-state index in [-0.39, 0.29) is 23.1 Å². The van der Waals surface area contributed by atoms with Crippen molar-refractivity contribution >= 4 is 33.0 Å². The van der Waals surface area contributed by atoms with Gasteiger partial charge in [-0.3, -0.25) is 9.59 Å². The predicted molar refractivity (Wildman–Crippen MR) is 104 cm³/mol. The Hall–Kier alpha value is -2.67. The highest BCUT2D eigenvalue weighted by atomic mass is 32.2. The number of nitrogens with zero attached hydrogens (tertiary/aromatic N) is 1. The van der Waals surface area contributed by atoms with Crippen LogP contribution in [0.1, 0.15) is 18.9 Å². The lowest BCUT2D eigenvalue weighted by atomic mass is 10.1. The van der Waals surface area contributed by atoms with E-state index in [0.29, 0.717) is 12.2 Å². The predicted octanol–water partition coefficient (Wildman–Crippen LogP) is 2.64. The van der Waals surface area contributed by atoms with E-state index in [1.807, 2.05) is 24.3 Å². The zero-order chi connectivity index (χ0) is 19.6. The topological polar surface area (TPSA) is 83.6 Å². The molecule has 1 fully saturated rings. The Bertz CT molecular complexity index is 968. The van der Waals surface area contributed by atoms with Gasteiger partial charge >= 0.3 is 0 Å². The summed E-state index contributed by atoms with van der Waals surface area (Å²) in [6.45, 7) is 2.38. The second-order valence-electron chi connectivity index (χ2n) is 6.71. The van der Waals surface area contributed by atoms with Crippen molar-refractivity contribution in [1.82, 2.24) is 0 Å². The molecule has 7 heteroatoms. The van der Waals surface area contributed by atoms with Crippen molar-refractivity contribution in [3.05, 3.63) is 54.1 Å². The number of sulfone groups is 1. The van der Waals surface area contributed by atoms with E-state index in [4.69, 9.17) is 0 Å². The van der Waals surface area contributed by atoms with Crippen LogP contribution in [0, 0.1) is 5.92 Å².